The smallest absolute Gasteiger partial charge is 0.306 e. The van der Waals surface area contributed by atoms with Gasteiger partial charge in [0.2, 0.25) is 0 Å². The second-order valence-electron chi connectivity index (χ2n) is 4.54. The van der Waals surface area contributed by atoms with Crippen LogP contribution in [0.5, 0.6) is 0 Å². The Balaban J connectivity index is 2.33. The molecule has 2 aromatic rings. The van der Waals surface area contributed by atoms with Crippen molar-refractivity contribution in [3.05, 3.63) is 70.2 Å². The summed E-state index contributed by atoms with van der Waals surface area (Å²) in [6.07, 6.45) is 0. The lowest BCUT2D eigenvalue weighted by Crippen LogP contribution is -2.01. The second kappa shape index (κ2) is 7.76. The molecule has 0 radical (unpaired) electrons. The van der Waals surface area contributed by atoms with E-state index in [9.17, 15) is 9.67 Å². The lowest BCUT2D eigenvalue weighted by molar-refractivity contribution is 0.219. The molecule has 0 aliphatic rings. The molecule has 0 amide bonds. The Morgan fingerprint density at radius 1 is 1.18 bits per heavy atom. The molecule has 0 aliphatic heterocycles. The van der Waals surface area contributed by atoms with Gasteiger partial charge in [-0.25, -0.2) is 0 Å². The molecular formula is C17H16BrO3P. The Hall–Kier alpha value is -1.37. The summed E-state index contributed by atoms with van der Waals surface area (Å²) < 4.78 is 19.1. The van der Waals surface area contributed by atoms with Gasteiger partial charge in [-0.05, 0) is 42.4 Å². The van der Waals surface area contributed by atoms with E-state index in [4.69, 9.17) is 4.52 Å². The van der Waals surface area contributed by atoms with Gasteiger partial charge in [0, 0.05) is 10.0 Å². The molecule has 2 atom stereocenters. The molecule has 2 rings (SSSR count). The van der Waals surface area contributed by atoms with Crippen LogP contribution in [0.15, 0.2) is 59.1 Å². The zero-order valence-electron chi connectivity index (χ0n) is 12.1. The van der Waals surface area contributed by atoms with E-state index < -0.39 is 13.2 Å². The summed E-state index contributed by atoms with van der Waals surface area (Å²) in [6.45, 7) is 1.94. The molecule has 0 spiro atoms. The highest BCUT2D eigenvalue weighted by Gasteiger charge is 2.32. The van der Waals surface area contributed by atoms with E-state index in [0.717, 1.165) is 10.0 Å². The lowest BCUT2D eigenvalue weighted by atomic mass is 10.2. The first-order chi connectivity index (χ1) is 10.5. The molecule has 0 saturated carbocycles. The largest absolute Gasteiger partial charge is 0.377 e. The van der Waals surface area contributed by atoms with Crippen molar-refractivity contribution in [1.82, 2.24) is 0 Å². The minimum atomic E-state index is -3.53. The first kappa shape index (κ1) is 17.0. The van der Waals surface area contributed by atoms with Crippen LogP contribution in [0.4, 0.5) is 0 Å². The molecule has 0 saturated heterocycles. The zero-order valence-corrected chi connectivity index (χ0v) is 14.5. The van der Waals surface area contributed by atoms with E-state index in [1.807, 2.05) is 30.3 Å². The molecule has 114 valence electrons. The summed E-state index contributed by atoms with van der Waals surface area (Å²) in [5.41, 5.74) is 3.89. The van der Waals surface area contributed by atoms with Gasteiger partial charge in [0.05, 0.1) is 6.61 Å². The monoisotopic (exact) mass is 378 g/mol. The molecule has 2 aromatic carbocycles. The van der Waals surface area contributed by atoms with Gasteiger partial charge in [-0.3, -0.25) is 4.57 Å². The van der Waals surface area contributed by atoms with Gasteiger partial charge in [-0.15, -0.1) is 0 Å². The predicted molar refractivity (Wildman–Crippen MR) is 91.7 cm³/mol. The number of rotatable bonds is 4. The highest BCUT2D eigenvalue weighted by Crippen LogP contribution is 2.57. The minimum absolute atomic E-state index is 0.217. The highest BCUT2D eigenvalue weighted by atomic mass is 79.9. The summed E-state index contributed by atoms with van der Waals surface area (Å²) in [5, 5.41) is 10.4. The van der Waals surface area contributed by atoms with Crippen molar-refractivity contribution in [2.75, 3.05) is 6.61 Å². The van der Waals surface area contributed by atoms with Crippen LogP contribution in [0.1, 0.15) is 23.9 Å². The van der Waals surface area contributed by atoms with Crippen molar-refractivity contribution >= 4 is 23.3 Å². The van der Waals surface area contributed by atoms with Gasteiger partial charge in [-0.2, -0.15) is 0 Å². The maximum Gasteiger partial charge on any atom is 0.306 e. The second-order valence-corrected chi connectivity index (χ2v) is 7.62. The van der Waals surface area contributed by atoms with Crippen molar-refractivity contribution in [2.24, 2.45) is 0 Å². The predicted octanol–water partition coefficient (Wildman–Crippen LogP) is 4.76. The maximum absolute atomic E-state index is 12.9. The summed E-state index contributed by atoms with van der Waals surface area (Å²) >= 11 is 3.33. The molecule has 5 heteroatoms. The van der Waals surface area contributed by atoms with Gasteiger partial charge in [-0.1, -0.05) is 52.2 Å². The average molecular weight is 379 g/mol. The van der Waals surface area contributed by atoms with E-state index in [-0.39, 0.29) is 6.61 Å². The molecule has 0 aliphatic carbocycles. The van der Waals surface area contributed by atoms with Gasteiger partial charge in [0.25, 0.3) is 0 Å². The fourth-order valence-electron chi connectivity index (χ4n) is 1.85. The number of benzene rings is 2. The van der Waals surface area contributed by atoms with Crippen LogP contribution in [-0.2, 0) is 9.09 Å². The van der Waals surface area contributed by atoms with Gasteiger partial charge < -0.3 is 9.63 Å². The molecule has 0 bridgehead atoms. The van der Waals surface area contributed by atoms with Crippen molar-refractivity contribution in [1.29, 1.82) is 0 Å². The first-order valence-corrected chi connectivity index (χ1v) is 9.30. The summed E-state index contributed by atoms with van der Waals surface area (Å²) in [6, 6.07) is 16.2. The van der Waals surface area contributed by atoms with Crippen LogP contribution in [0.3, 0.4) is 0 Å². The molecule has 0 heterocycles. The number of halogens is 1. The maximum atomic E-state index is 12.9. The quantitative estimate of drug-likeness (QED) is 0.615. The van der Waals surface area contributed by atoms with E-state index in [1.165, 1.54) is 0 Å². The number of hydrogen-bond donors (Lipinski definition) is 1. The van der Waals surface area contributed by atoms with Crippen LogP contribution >= 0.6 is 23.3 Å². The van der Waals surface area contributed by atoms with Crippen molar-refractivity contribution < 1.29 is 14.2 Å². The highest BCUT2D eigenvalue weighted by molar-refractivity contribution is 9.10. The summed E-state index contributed by atoms with van der Waals surface area (Å²) in [7, 11) is -3.53. The molecule has 0 unspecified atom stereocenters. The molecule has 3 nitrogen and oxygen atoms in total. The fourth-order valence-corrected chi connectivity index (χ4v) is 3.68. The standard InChI is InChI=1S/C17H16BrO3P/c1-2-21-22(20,13-12-14-6-4-3-5-7-14)17(19)15-8-10-16(18)11-9-15/h3-11,17,19H,2H2,1H3/t17-,22-/m1/s1. The van der Waals surface area contributed by atoms with E-state index >= 15 is 0 Å². The third kappa shape index (κ3) is 4.32. The topological polar surface area (TPSA) is 46.5 Å². The molecule has 1 N–H and O–H groups in total. The number of aliphatic hydroxyl groups excluding tert-OH is 1. The van der Waals surface area contributed by atoms with Crippen LogP contribution < -0.4 is 0 Å². The Kier molecular flexibility index (Phi) is 5.99. The zero-order chi connectivity index (χ0) is 16.0. The number of hydrogen-bond acceptors (Lipinski definition) is 3. The molecule has 0 aromatic heterocycles. The average Bonchev–Trinajstić information content (AvgIpc) is 2.54. The number of aliphatic hydroxyl groups is 1. The van der Waals surface area contributed by atoms with E-state index in [0.29, 0.717) is 5.56 Å². The van der Waals surface area contributed by atoms with Crippen molar-refractivity contribution in [2.45, 2.75) is 12.8 Å². The van der Waals surface area contributed by atoms with Crippen molar-refractivity contribution in [3.8, 4) is 11.6 Å². The van der Waals surface area contributed by atoms with E-state index in [2.05, 4.69) is 27.5 Å². The van der Waals surface area contributed by atoms with Crippen LogP contribution in [0, 0.1) is 11.6 Å². The Morgan fingerprint density at radius 3 is 2.41 bits per heavy atom. The molecular weight excluding hydrogens is 363 g/mol. The van der Waals surface area contributed by atoms with Crippen LogP contribution in [-0.4, -0.2) is 11.7 Å². The Morgan fingerprint density at radius 2 is 1.82 bits per heavy atom. The van der Waals surface area contributed by atoms with Gasteiger partial charge >= 0.3 is 7.37 Å². The van der Waals surface area contributed by atoms with Gasteiger partial charge in [0.15, 0.2) is 5.85 Å². The lowest BCUT2D eigenvalue weighted by Gasteiger charge is -2.18. The third-order valence-electron chi connectivity index (χ3n) is 2.94. The summed E-state index contributed by atoms with van der Waals surface area (Å²) in [4.78, 5) is 0. The minimum Gasteiger partial charge on any atom is -0.377 e. The van der Waals surface area contributed by atoms with Crippen molar-refractivity contribution in [3.63, 3.8) is 0 Å². The Labute approximate surface area is 138 Å². The van der Waals surface area contributed by atoms with Gasteiger partial charge in [0.1, 0.15) is 0 Å². The Bertz CT molecular complexity index is 717. The normalized spacial score (nSPS) is 14.5. The third-order valence-corrected chi connectivity index (χ3v) is 5.48. The molecule has 0 fully saturated rings. The van der Waals surface area contributed by atoms with E-state index in [1.54, 1.807) is 31.2 Å². The summed E-state index contributed by atoms with van der Waals surface area (Å²) in [5.74, 6) is 1.56. The fraction of sp³-hybridized carbons (Fsp3) is 0.176. The van der Waals surface area contributed by atoms with Crippen LogP contribution in [0.2, 0.25) is 0 Å². The first-order valence-electron chi connectivity index (χ1n) is 6.81. The molecule has 22 heavy (non-hydrogen) atoms. The SMILES string of the molecule is CCO[P@](=O)(C#Cc1ccccc1)[C@@H](O)c1ccc(Br)cc1. The van der Waals surface area contributed by atoms with Crippen LogP contribution in [0.25, 0.3) is 0 Å².